The summed E-state index contributed by atoms with van der Waals surface area (Å²) in [6.07, 6.45) is 2.20. The van der Waals surface area contributed by atoms with Gasteiger partial charge in [-0.3, -0.25) is 4.79 Å². The maximum atomic E-state index is 12.9. The van der Waals surface area contributed by atoms with Crippen LogP contribution in [-0.4, -0.2) is 42.0 Å². The van der Waals surface area contributed by atoms with Gasteiger partial charge in [0.05, 0.1) is 10.7 Å². The molecule has 2 aromatic rings. The van der Waals surface area contributed by atoms with Gasteiger partial charge in [-0.1, -0.05) is 6.07 Å². The molecule has 3 heterocycles. The van der Waals surface area contributed by atoms with E-state index in [4.69, 9.17) is 4.74 Å². The second-order valence-electron chi connectivity index (χ2n) is 7.22. The zero-order valence-corrected chi connectivity index (χ0v) is 15.9. The lowest BCUT2D eigenvalue weighted by molar-refractivity contribution is 0.0758. The molecule has 0 radical (unpaired) electrons. The van der Waals surface area contributed by atoms with Crippen molar-refractivity contribution in [1.29, 1.82) is 0 Å². The SMILES string of the molecule is Cc1nc(COc2cccc(C(=O)N3CC[C@@H]4CNC[C@@H]4CC3)c2)cs1. The summed E-state index contributed by atoms with van der Waals surface area (Å²) in [4.78, 5) is 19.4. The number of carbonyl (C=O) groups excluding carboxylic acids is 1. The molecule has 2 saturated heterocycles. The highest BCUT2D eigenvalue weighted by atomic mass is 32.1. The Hall–Kier alpha value is -1.92. The second-order valence-corrected chi connectivity index (χ2v) is 8.28. The van der Waals surface area contributed by atoms with E-state index in [0.29, 0.717) is 12.2 Å². The maximum absolute atomic E-state index is 12.9. The summed E-state index contributed by atoms with van der Waals surface area (Å²) in [6, 6.07) is 7.53. The molecule has 0 aliphatic carbocycles. The lowest BCUT2D eigenvalue weighted by Gasteiger charge is -2.21. The zero-order chi connectivity index (χ0) is 17.9. The number of aryl methyl sites for hydroxylation is 1. The Morgan fingerprint density at radius 2 is 2.08 bits per heavy atom. The van der Waals surface area contributed by atoms with Gasteiger partial charge in [-0.2, -0.15) is 0 Å². The van der Waals surface area contributed by atoms with Crippen LogP contribution in [0.4, 0.5) is 0 Å². The molecule has 26 heavy (non-hydrogen) atoms. The van der Waals surface area contributed by atoms with Gasteiger partial charge in [0.15, 0.2) is 0 Å². The molecular formula is C20H25N3O2S. The average Bonchev–Trinajstić information content (AvgIpc) is 3.24. The van der Waals surface area contributed by atoms with Crippen LogP contribution in [0.15, 0.2) is 29.6 Å². The van der Waals surface area contributed by atoms with Crippen molar-refractivity contribution in [3.63, 3.8) is 0 Å². The minimum absolute atomic E-state index is 0.118. The summed E-state index contributed by atoms with van der Waals surface area (Å²) in [5, 5.41) is 6.52. The van der Waals surface area contributed by atoms with Crippen LogP contribution in [0.3, 0.4) is 0 Å². The summed E-state index contributed by atoms with van der Waals surface area (Å²) in [5.74, 6) is 2.29. The van der Waals surface area contributed by atoms with Gasteiger partial charge in [-0.15, -0.1) is 11.3 Å². The number of nitrogens with one attached hydrogen (secondary N) is 1. The molecule has 138 valence electrons. The average molecular weight is 372 g/mol. The van der Waals surface area contributed by atoms with Crippen molar-refractivity contribution in [2.24, 2.45) is 11.8 Å². The van der Waals surface area contributed by atoms with Gasteiger partial charge in [-0.25, -0.2) is 4.98 Å². The Labute approximate surface area is 158 Å². The molecule has 0 bridgehead atoms. The molecule has 5 nitrogen and oxygen atoms in total. The molecule has 1 aromatic heterocycles. The van der Waals surface area contributed by atoms with Crippen molar-refractivity contribution in [2.75, 3.05) is 26.2 Å². The van der Waals surface area contributed by atoms with Gasteiger partial charge in [-0.05, 0) is 62.9 Å². The smallest absolute Gasteiger partial charge is 0.253 e. The van der Waals surface area contributed by atoms with Crippen molar-refractivity contribution in [3.8, 4) is 5.75 Å². The first-order valence-electron chi connectivity index (χ1n) is 9.33. The first-order chi connectivity index (χ1) is 12.7. The molecular weight excluding hydrogens is 346 g/mol. The monoisotopic (exact) mass is 371 g/mol. The van der Waals surface area contributed by atoms with E-state index >= 15 is 0 Å². The third-order valence-corrected chi connectivity index (χ3v) is 6.26. The predicted octanol–water partition coefficient (Wildman–Crippen LogP) is 3.10. The highest BCUT2D eigenvalue weighted by Crippen LogP contribution is 2.28. The molecule has 4 rings (SSSR count). The number of fused-ring (bicyclic) bond motifs is 1. The minimum atomic E-state index is 0.118. The molecule has 6 heteroatoms. The largest absolute Gasteiger partial charge is 0.487 e. The zero-order valence-electron chi connectivity index (χ0n) is 15.1. The van der Waals surface area contributed by atoms with Crippen LogP contribution in [0, 0.1) is 18.8 Å². The number of hydrogen-bond acceptors (Lipinski definition) is 5. The highest BCUT2D eigenvalue weighted by molar-refractivity contribution is 7.09. The number of nitrogens with zero attached hydrogens (tertiary/aromatic N) is 2. The number of hydrogen-bond donors (Lipinski definition) is 1. The van der Waals surface area contributed by atoms with E-state index in [1.165, 1.54) is 0 Å². The molecule has 2 fully saturated rings. The number of aromatic nitrogens is 1. The Kier molecular flexibility index (Phi) is 5.22. The fourth-order valence-corrected chi connectivity index (χ4v) is 4.55. The van der Waals surface area contributed by atoms with Crippen molar-refractivity contribution in [3.05, 3.63) is 45.9 Å². The summed E-state index contributed by atoms with van der Waals surface area (Å²) in [6.45, 7) is 6.33. The molecule has 2 aliphatic heterocycles. The van der Waals surface area contributed by atoms with Gasteiger partial charge in [0.1, 0.15) is 12.4 Å². The van der Waals surface area contributed by atoms with E-state index in [1.807, 2.05) is 41.5 Å². The maximum Gasteiger partial charge on any atom is 0.253 e. The van der Waals surface area contributed by atoms with Crippen molar-refractivity contribution < 1.29 is 9.53 Å². The van der Waals surface area contributed by atoms with Gasteiger partial charge in [0.25, 0.3) is 5.91 Å². The Morgan fingerprint density at radius 1 is 1.31 bits per heavy atom. The van der Waals surface area contributed by atoms with Crippen LogP contribution >= 0.6 is 11.3 Å². The van der Waals surface area contributed by atoms with Gasteiger partial charge >= 0.3 is 0 Å². The number of carbonyl (C=O) groups is 1. The van der Waals surface area contributed by atoms with E-state index in [9.17, 15) is 4.79 Å². The van der Waals surface area contributed by atoms with E-state index in [2.05, 4.69) is 10.3 Å². The molecule has 1 aromatic carbocycles. The standard InChI is InChI=1S/C20H25N3O2S/c1-14-22-18(13-26-14)12-25-19-4-2-3-15(9-19)20(24)23-7-5-16-10-21-11-17(16)6-8-23/h2-4,9,13,16-17,21H,5-8,10-12H2,1H3/t16-,17+. The van der Waals surface area contributed by atoms with Crippen LogP contribution in [0.1, 0.15) is 33.9 Å². The molecule has 0 saturated carbocycles. The molecule has 1 amide bonds. The Bertz CT molecular complexity index is 762. The molecule has 2 aliphatic rings. The summed E-state index contributed by atoms with van der Waals surface area (Å²) in [5.41, 5.74) is 1.64. The molecule has 2 atom stereocenters. The van der Waals surface area contributed by atoms with Crippen LogP contribution < -0.4 is 10.1 Å². The van der Waals surface area contributed by atoms with Crippen LogP contribution in [0.2, 0.25) is 0 Å². The Morgan fingerprint density at radius 3 is 2.77 bits per heavy atom. The van der Waals surface area contributed by atoms with Crippen LogP contribution in [0.25, 0.3) is 0 Å². The Balaban J connectivity index is 1.39. The number of ether oxygens (including phenoxy) is 1. The third-order valence-electron chi connectivity index (χ3n) is 5.44. The van der Waals surface area contributed by atoms with Crippen molar-refractivity contribution in [2.45, 2.75) is 26.4 Å². The predicted molar refractivity (Wildman–Crippen MR) is 103 cm³/mol. The highest BCUT2D eigenvalue weighted by Gasteiger charge is 2.31. The lowest BCUT2D eigenvalue weighted by atomic mass is 9.92. The van der Waals surface area contributed by atoms with Crippen molar-refractivity contribution >= 4 is 17.2 Å². The molecule has 0 spiro atoms. The van der Waals surface area contributed by atoms with E-state index < -0.39 is 0 Å². The van der Waals surface area contributed by atoms with E-state index in [1.54, 1.807) is 11.3 Å². The normalized spacial score (nSPS) is 22.7. The summed E-state index contributed by atoms with van der Waals surface area (Å²) in [7, 11) is 0. The van der Waals surface area contributed by atoms with Crippen LogP contribution in [0.5, 0.6) is 5.75 Å². The number of likely N-dealkylation sites (tertiary alicyclic amines) is 1. The van der Waals surface area contributed by atoms with Gasteiger partial charge in [0, 0.05) is 24.0 Å². The van der Waals surface area contributed by atoms with Crippen molar-refractivity contribution in [1.82, 2.24) is 15.2 Å². The first-order valence-corrected chi connectivity index (χ1v) is 10.2. The molecule has 1 N–H and O–H groups in total. The lowest BCUT2D eigenvalue weighted by Crippen LogP contribution is -2.32. The second kappa shape index (κ2) is 7.76. The fraction of sp³-hybridized carbons (Fsp3) is 0.500. The fourth-order valence-electron chi connectivity index (χ4n) is 3.95. The quantitative estimate of drug-likeness (QED) is 0.897. The van der Waals surface area contributed by atoms with E-state index in [-0.39, 0.29) is 5.91 Å². The number of thiazole rings is 1. The van der Waals surface area contributed by atoms with Crippen LogP contribution in [-0.2, 0) is 6.61 Å². The number of amides is 1. The minimum Gasteiger partial charge on any atom is -0.487 e. The number of benzene rings is 1. The van der Waals surface area contributed by atoms with Gasteiger partial charge < -0.3 is 15.0 Å². The topological polar surface area (TPSA) is 54.5 Å². The summed E-state index contributed by atoms with van der Waals surface area (Å²) >= 11 is 1.62. The number of rotatable bonds is 4. The summed E-state index contributed by atoms with van der Waals surface area (Å²) < 4.78 is 5.83. The molecule has 0 unspecified atom stereocenters. The van der Waals surface area contributed by atoms with E-state index in [0.717, 1.165) is 67.3 Å². The first kappa shape index (κ1) is 17.5. The third kappa shape index (κ3) is 3.91. The van der Waals surface area contributed by atoms with Gasteiger partial charge in [0.2, 0.25) is 0 Å².